The lowest BCUT2D eigenvalue weighted by Crippen LogP contribution is -2.17. The molecule has 0 bridgehead atoms. The quantitative estimate of drug-likeness (QED) is 0.903. The van der Waals surface area contributed by atoms with Crippen molar-refractivity contribution in [2.75, 3.05) is 6.54 Å². The van der Waals surface area contributed by atoms with Gasteiger partial charge in [0.15, 0.2) is 0 Å². The van der Waals surface area contributed by atoms with E-state index in [0.717, 1.165) is 23.7 Å². The topological polar surface area (TPSA) is 37.8 Å². The van der Waals surface area contributed by atoms with Crippen LogP contribution >= 0.6 is 11.3 Å². The predicted octanol–water partition coefficient (Wildman–Crippen LogP) is 3.75. The van der Waals surface area contributed by atoms with Gasteiger partial charge in [-0.2, -0.15) is 0 Å². The fourth-order valence-electron chi connectivity index (χ4n) is 2.24. The Kier molecular flexibility index (Phi) is 4.66. The summed E-state index contributed by atoms with van der Waals surface area (Å²) in [5, 5.41) is 4.56. The minimum Gasteiger partial charge on any atom is -0.310 e. The molecule has 2 rings (SSSR count). The van der Waals surface area contributed by atoms with Crippen molar-refractivity contribution in [3.63, 3.8) is 0 Å². The Bertz CT molecular complexity index is 548. The van der Waals surface area contributed by atoms with E-state index in [1.54, 1.807) is 11.3 Å². The van der Waals surface area contributed by atoms with Crippen LogP contribution in [0.2, 0.25) is 0 Å². The summed E-state index contributed by atoms with van der Waals surface area (Å²) in [4.78, 5) is 10.3. The molecule has 0 aromatic carbocycles. The van der Waals surface area contributed by atoms with E-state index in [0.29, 0.717) is 6.04 Å². The van der Waals surface area contributed by atoms with E-state index < -0.39 is 0 Å². The second-order valence-corrected chi connectivity index (χ2v) is 5.67. The summed E-state index contributed by atoms with van der Waals surface area (Å²) in [7, 11) is 0. The summed E-state index contributed by atoms with van der Waals surface area (Å²) < 4.78 is 0. The van der Waals surface area contributed by atoms with Gasteiger partial charge in [0.05, 0.1) is 5.69 Å². The van der Waals surface area contributed by atoms with Gasteiger partial charge in [-0.3, -0.25) is 4.98 Å². The first-order valence-electron chi connectivity index (χ1n) is 6.81. The lowest BCUT2D eigenvalue weighted by atomic mass is 10.1. The highest BCUT2D eigenvalue weighted by Gasteiger charge is 2.15. The molecule has 4 heteroatoms. The third kappa shape index (κ3) is 3.01. The molecule has 2 aromatic rings. The van der Waals surface area contributed by atoms with E-state index in [1.807, 2.05) is 12.4 Å². The van der Waals surface area contributed by atoms with Crippen LogP contribution in [0.1, 0.15) is 42.9 Å². The molecule has 0 amide bonds. The third-order valence-corrected chi connectivity index (χ3v) is 4.62. The molecule has 0 saturated carbocycles. The normalized spacial score (nSPS) is 12.6. The van der Waals surface area contributed by atoms with E-state index in [4.69, 9.17) is 4.98 Å². The third-order valence-electron chi connectivity index (χ3n) is 3.25. The zero-order chi connectivity index (χ0) is 13.8. The van der Waals surface area contributed by atoms with Crippen molar-refractivity contribution < 1.29 is 0 Å². The molecule has 0 aliphatic rings. The number of thiazole rings is 1. The first-order chi connectivity index (χ1) is 9.17. The molecule has 1 unspecified atom stereocenters. The van der Waals surface area contributed by atoms with Gasteiger partial charge >= 0.3 is 0 Å². The summed E-state index contributed by atoms with van der Waals surface area (Å²) in [6.45, 7) is 9.55. The second kappa shape index (κ2) is 6.26. The highest BCUT2D eigenvalue weighted by molar-refractivity contribution is 7.15. The number of nitrogens with zero attached hydrogens (tertiary/aromatic N) is 2. The van der Waals surface area contributed by atoms with Crippen LogP contribution in [0.15, 0.2) is 18.5 Å². The summed E-state index contributed by atoms with van der Waals surface area (Å²) in [6, 6.07) is 2.43. The summed E-state index contributed by atoms with van der Waals surface area (Å²) in [5.74, 6) is 0. The number of hydrogen-bond acceptors (Lipinski definition) is 4. The van der Waals surface area contributed by atoms with Gasteiger partial charge in [0.2, 0.25) is 0 Å². The molecule has 1 atom stereocenters. The minimum absolute atomic E-state index is 0.364. The van der Waals surface area contributed by atoms with E-state index in [2.05, 4.69) is 44.1 Å². The van der Waals surface area contributed by atoms with Crippen molar-refractivity contribution in [3.05, 3.63) is 34.6 Å². The minimum atomic E-state index is 0.364. The summed E-state index contributed by atoms with van der Waals surface area (Å²) in [5.41, 5.74) is 3.62. The van der Waals surface area contributed by atoms with E-state index in [9.17, 15) is 0 Å². The lowest BCUT2D eigenvalue weighted by molar-refractivity contribution is 0.603. The number of aromatic nitrogens is 2. The van der Waals surface area contributed by atoms with Gasteiger partial charge in [0, 0.05) is 28.9 Å². The first kappa shape index (κ1) is 14.2. The fourth-order valence-corrected chi connectivity index (χ4v) is 3.40. The maximum atomic E-state index is 4.74. The Labute approximate surface area is 119 Å². The van der Waals surface area contributed by atoms with Gasteiger partial charge in [-0.25, -0.2) is 4.98 Å². The monoisotopic (exact) mass is 275 g/mol. The van der Waals surface area contributed by atoms with E-state index >= 15 is 0 Å². The van der Waals surface area contributed by atoms with Crippen LogP contribution in [0.4, 0.5) is 0 Å². The predicted molar refractivity (Wildman–Crippen MR) is 81.6 cm³/mol. The standard InChI is InChI=1S/C15H21N3S/c1-5-12-9-16-8-7-13(12)15-18-11(4)14(19-15)10(3)17-6-2/h7-10,17H,5-6H2,1-4H3. The lowest BCUT2D eigenvalue weighted by Gasteiger charge is -2.10. The van der Waals surface area contributed by atoms with Crippen LogP contribution in [0.3, 0.4) is 0 Å². The van der Waals surface area contributed by atoms with Crippen molar-refractivity contribution in [2.45, 2.75) is 40.2 Å². The second-order valence-electron chi connectivity index (χ2n) is 4.63. The van der Waals surface area contributed by atoms with Crippen LogP contribution in [0.5, 0.6) is 0 Å². The highest BCUT2D eigenvalue weighted by Crippen LogP contribution is 2.33. The summed E-state index contributed by atoms with van der Waals surface area (Å²) in [6.07, 6.45) is 4.78. The largest absolute Gasteiger partial charge is 0.310 e. The van der Waals surface area contributed by atoms with Crippen LogP contribution in [0, 0.1) is 6.92 Å². The molecule has 0 fully saturated rings. The Balaban J connectivity index is 2.39. The summed E-state index contributed by atoms with van der Waals surface area (Å²) >= 11 is 1.79. The van der Waals surface area contributed by atoms with Gasteiger partial charge in [-0.15, -0.1) is 11.3 Å². The molecule has 2 heterocycles. The molecule has 0 aliphatic carbocycles. The molecular formula is C15H21N3S. The van der Waals surface area contributed by atoms with Crippen molar-refractivity contribution >= 4 is 11.3 Å². The number of pyridine rings is 1. The number of aryl methyl sites for hydroxylation is 2. The fraction of sp³-hybridized carbons (Fsp3) is 0.467. The number of hydrogen-bond donors (Lipinski definition) is 1. The maximum absolute atomic E-state index is 4.74. The Hall–Kier alpha value is -1.26. The van der Waals surface area contributed by atoms with Crippen molar-refractivity contribution in [2.24, 2.45) is 0 Å². The molecule has 0 spiro atoms. The molecule has 102 valence electrons. The van der Waals surface area contributed by atoms with Crippen molar-refractivity contribution in [1.82, 2.24) is 15.3 Å². The molecule has 0 radical (unpaired) electrons. The zero-order valence-corrected chi connectivity index (χ0v) is 12.8. The zero-order valence-electron chi connectivity index (χ0n) is 12.0. The molecular weight excluding hydrogens is 254 g/mol. The van der Waals surface area contributed by atoms with Crippen LogP contribution < -0.4 is 5.32 Å². The molecule has 0 saturated heterocycles. The average molecular weight is 275 g/mol. The van der Waals surface area contributed by atoms with Crippen LogP contribution in [-0.2, 0) is 6.42 Å². The van der Waals surface area contributed by atoms with Gasteiger partial charge in [0.25, 0.3) is 0 Å². The maximum Gasteiger partial charge on any atom is 0.124 e. The Morgan fingerprint density at radius 2 is 2.16 bits per heavy atom. The molecule has 1 N–H and O–H groups in total. The molecule has 19 heavy (non-hydrogen) atoms. The van der Waals surface area contributed by atoms with E-state index in [-0.39, 0.29) is 0 Å². The smallest absolute Gasteiger partial charge is 0.124 e. The van der Waals surface area contributed by atoms with Crippen molar-refractivity contribution in [3.8, 4) is 10.6 Å². The van der Waals surface area contributed by atoms with Gasteiger partial charge in [-0.1, -0.05) is 13.8 Å². The SMILES string of the molecule is CCNC(C)c1sc(-c2ccncc2CC)nc1C. The molecule has 0 aliphatic heterocycles. The van der Waals surface area contributed by atoms with Crippen LogP contribution in [-0.4, -0.2) is 16.5 Å². The number of nitrogens with one attached hydrogen (secondary N) is 1. The molecule has 3 nitrogen and oxygen atoms in total. The Morgan fingerprint density at radius 1 is 1.37 bits per heavy atom. The van der Waals surface area contributed by atoms with E-state index in [1.165, 1.54) is 16.0 Å². The van der Waals surface area contributed by atoms with Gasteiger partial charge in [0.1, 0.15) is 5.01 Å². The van der Waals surface area contributed by atoms with Gasteiger partial charge in [-0.05, 0) is 38.4 Å². The van der Waals surface area contributed by atoms with Crippen LogP contribution in [0.25, 0.3) is 10.6 Å². The first-order valence-corrected chi connectivity index (χ1v) is 7.63. The average Bonchev–Trinajstić information content (AvgIpc) is 2.81. The molecule has 2 aromatic heterocycles. The van der Waals surface area contributed by atoms with Crippen molar-refractivity contribution in [1.29, 1.82) is 0 Å². The van der Waals surface area contributed by atoms with Gasteiger partial charge < -0.3 is 5.32 Å². The number of rotatable bonds is 5. The highest BCUT2D eigenvalue weighted by atomic mass is 32.1. The Morgan fingerprint density at radius 3 is 2.84 bits per heavy atom.